The van der Waals surface area contributed by atoms with Crippen LogP contribution < -0.4 is 5.32 Å². The van der Waals surface area contributed by atoms with Crippen LogP contribution in [0.5, 0.6) is 0 Å². The van der Waals surface area contributed by atoms with Gasteiger partial charge in [0.1, 0.15) is 10.8 Å². The zero-order valence-corrected chi connectivity index (χ0v) is 15.6. The first-order chi connectivity index (χ1) is 13.3. The lowest BCUT2D eigenvalue weighted by atomic mass is 10.1. The molecule has 1 amide bonds. The van der Waals surface area contributed by atoms with Gasteiger partial charge in [-0.15, -0.1) is 0 Å². The largest absolute Gasteiger partial charge is 0.423 e. The van der Waals surface area contributed by atoms with Crippen LogP contribution in [0.2, 0.25) is 0 Å². The molecule has 156 valence electrons. The fourth-order valence-electron chi connectivity index (χ4n) is 2.66. The summed E-state index contributed by atoms with van der Waals surface area (Å²) in [6.45, 7) is 0. The lowest BCUT2D eigenvalue weighted by molar-refractivity contribution is -0.388. The molecule has 0 aromatic heterocycles. The molecule has 0 saturated heterocycles. The quantitative estimate of drug-likeness (QED) is 0.534. The van der Waals surface area contributed by atoms with Gasteiger partial charge in [-0.25, -0.2) is 8.42 Å². The molecule has 0 saturated carbocycles. The molecule has 2 N–H and O–H groups in total. The van der Waals surface area contributed by atoms with Gasteiger partial charge in [0, 0.05) is 18.0 Å². The van der Waals surface area contributed by atoms with Gasteiger partial charge in [-0.3, -0.25) is 14.9 Å². The molecule has 2 atom stereocenters. The number of carbonyl (C=O) groups excluding carboxylic acids is 1. The summed E-state index contributed by atoms with van der Waals surface area (Å²) >= 11 is 0. The van der Waals surface area contributed by atoms with Gasteiger partial charge in [0.2, 0.25) is 0 Å². The average molecular weight is 432 g/mol. The van der Waals surface area contributed by atoms with Gasteiger partial charge in [-0.2, -0.15) is 13.2 Å². The van der Waals surface area contributed by atoms with Crippen LogP contribution in [-0.4, -0.2) is 36.7 Å². The smallest absolute Gasteiger partial charge is 0.382 e. The Morgan fingerprint density at radius 2 is 1.76 bits per heavy atom. The van der Waals surface area contributed by atoms with E-state index in [9.17, 15) is 41.6 Å². The Labute approximate surface area is 163 Å². The van der Waals surface area contributed by atoms with E-state index < -0.39 is 55.1 Å². The van der Waals surface area contributed by atoms with E-state index >= 15 is 0 Å². The maximum absolute atomic E-state index is 13.0. The zero-order chi connectivity index (χ0) is 22.0. The van der Waals surface area contributed by atoms with E-state index in [1.54, 1.807) is 6.07 Å². The predicted molar refractivity (Wildman–Crippen MR) is 96.8 cm³/mol. The van der Waals surface area contributed by atoms with Crippen LogP contribution in [-0.2, 0) is 20.8 Å². The number of nitrogens with zero attached hydrogens (tertiary/aromatic N) is 1. The molecule has 8 nitrogen and oxygen atoms in total. The molecule has 12 heteroatoms. The van der Waals surface area contributed by atoms with Gasteiger partial charge >= 0.3 is 6.18 Å². The third-order valence-electron chi connectivity index (χ3n) is 3.91. The number of alkyl halides is 3. The summed E-state index contributed by atoms with van der Waals surface area (Å²) in [7, 11) is -3.98. The minimum absolute atomic E-state index is 0.109. The molecule has 2 rings (SSSR count). The molecule has 29 heavy (non-hydrogen) atoms. The number of amides is 1. The molecule has 0 spiro atoms. The van der Waals surface area contributed by atoms with Crippen molar-refractivity contribution in [3.63, 3.8) is 0 Å². The molecule has 0 bridgehead atoms. The Morgan fingerprint density at radius 3 is 2.24 bits per heavy atom. The molecule has 0 heterocycles. The van der Waals surface area contributed by atoms with Crippen molar-refractivity contribution in [3.8, 4) is 0 Å². The Hall–Kier alpha value is -2.99. The Bertz CT molecular complexity index is 1030. The topological polar surface area (TPSA) is 127 Å². The van der Waals surface area contributed by atoms with E-state index in [1.165, 1.54) is 24.3 Å². The van der Waals surface area contributed by atoms with Crippen LogP contribution in [0.15, 0.2) is 48.5 Å². The lowest BCUT2D eigenvalue weighted by Gasteiger charge is -2.21. The van der Waals surface area contributed by atoms with Crippen molar-refractivity contribution in [3.05, 3.63) is 69.8 Å². The number of sulfone groups is 1. The summed E-state index contributed by atoms with van der Waals surface area (Å²) in [6.07, 6.45) is -6.41. The maximum Gasteiger partial charge on any atom is 0.423 e. The second-order valence-corrected chi connectivity index (χ2v) is 8.25. The highest BCUT2D eigenvalue weighted by molar-refractivity contribution is 7.91. The number of aliphatic hydroxyl groups excluding tert-OH is 1. The van der Waals surface area contributed by atoms with Crippen LogP contribution >= 0.6 is 0 Å². The first-order valence-electron chi connectivity index (χ1n) is 7.90. The molecule has 0 fully saturated rings. The number of aliphatic hydroxyl groups is 1. The number of halogens is 3. The van der Waals surface area contributed by atoms with Crippen molar-refractivity contribution in [2.75, 3.05) is 11.6 Å². The lowest BCUT2D eigenvalue weighted by Crippen LogP contribution is -2.36. The van der Waals surface area contributed by atoms with Crippen LogP contribution in [0, 0.1) is 10.1 Å². The van der Waals surface area contributed by atoms with Gasteiger partial charge < -0.3 is 10.4 Å². The Balaban J connectivity index is 2.37. The molecule has 0 radical (unpaired) electrons. The minimum Gasteiger partial charge on any atom is -0.382 e. The summed E-state index contributed by atoms with van der Waals surface area (Å²) in [5.41, 5.74) is -3.20. The number of nitro groups is 1. The monoisotopic (exact) mass is 432 g/mol. The second kappa shape index (κ2) is 8.17. The number of hydrogen-bond donors (Lipinski definition) is 2. The Kier molecular flexibility index (Phi) is 6.28. The molecule has 2 aromatic rings. The third-order valence-corrected chi connectivity index (χ3v) is 5.36. The van der Waals surface area contributed by atoms with Gasteiger partial charge in [0.25, 0.3) is 11.6 Å². The number of carbonyl (C=O) groups is 1. The van der Waals surface area contributed by atoms with Crippen molar-refractivity contribution in [2.24, 2.45) is 0 Å². The number of nitrogens with one attached hydrogen (secondary N) is 1. The summed E-state index contributed by atoms with van der Waals surface area (Å²) in [5, 5.41) is 21.4. The summed E-state index contributed by atoms with van der Waals surface area (Å²) in [6, 6.07) is 9.04. The van der Waals surface area contributed by atoms with Crippen LogP contribution in [0.1, 0.15) is 16.4 Å². The number of anilines is 1. The molecular weight excluding hydrogens is 417 g/mol. The molecule has 2 aromatic carbocycles. The van der Waals surface area contributed by atoms with Crippen molar-refractivity contribution in [1.82, 2.24) is 0 Å². The maximum atomic E-state index is 13.0. The summed E-state index contributed by atoms with van der Waals surface area (Å²) < 4.78 is 63.3. The highest BCUT2D eigenvalue weighted by Crippen LogP contribution is 2.37. The number of nitro benzene ring substituents is 1. The van der Waals surface area contributed by atoms with E-state index in [4.69, 9.17) is 0 Å². The van der Waals surface area contributed by atoms with E-state index in [-0.39, 0.29) is 5.56 Å². The minimum atomic E-state index is -5.07. The van der Waals surface area contributed by atoms with Crippen LogP contribution in [0.25, 0.3) is 0 Å². The van der Waals surface area contributed by atoms with Crippen molar-refractivity contribution < 1.29 is 36.4 Å². The molecule has 0 aliphatic heterocycles. The fourth-order valence-corrected chi connectivity index (χ4v) is 3.90. The number of rotatable bonds is 6. The highest BCUT2D eigenvalue weighted by atomic mass is 32.2. The second-order valence-electron chi connectivity index (χ2n) is 6.08. The molecule has 0 aliphatic carbocycles. The number of benzene rings is 2. The first-order valence-corrected chi connectivity index (χ1v) is 9.86. The van der Waals surface area contributed by atoms with Gasteiger partial charge in [0.05, 0.1) is 4.92 Å². The van der Waals surface area contributed by atoms with E-state index in [1.807, 2.05) is 5.32 Å². The van der Waals surface area contributed by atoms with Crippen molar-refractivity contribution in [1.29, 1.82) is 0 Å². The molecule has 2 unspecified atom stereocenters. The molecule has 0 aliphatic rings. The Morgan fingerprint density at radius 1 is 1.17 bits per heavy atom. The third kappa shape index (κ3) is 5.29. The predicted octanol–water partition coefficient (Wildman–Crippen LogP) is 2.70. The van der Waals surface area contributed by atoms with E-state index in [0.29, 0.717) is 12.1 Å². The van der Waals surface area contributed by atoms with E-state index in [2.05, 4.69) is 0 Å². The first kappa shape index (κ1) is 22.3. The summed E-state index contributed by atoms with van der Waals surface area (Å²) in [4.78, 5) is 21.9. The van der Waals surface area contributed by atoms with Gasteiger partial charge in [0.15, 0.2) is 15.9 Å². The zero-order valence-electron chi connectivity index (χ0n) is 14.8. The van der Waals surface area contributed by atoms with E-state index in [0.717, 1.165) is 12.3 Å². The number of hydrogen-bond acceptors (Lipinski definition) is 6. The highest BCUT2D eigenvalue weighted by Gasteiger charge is 2.39. The van der Waals surface area contributed by atoms with Crippen LogP contribution in [0.3, 0.4) is 0 Å². The van der Waals surface area contributed by atoms with Gasteiger partial charge in [-0.05, 0) is 17.7 Å². The van der Waals surface area contributed by atoms with Crippen LogP contribution in [0.4, 0.5) is 24.5 Å². The average Bonchev–Trinajstić information content (AvgIpc) is 2.60. The SMILES string of the molecule is CS(=O)(=O)C(c1ccccc1)C(O)C(=O)Nc1ccc([N+](=O)[O-])c(C(F)(F)F)c1. The van der Waals surface area contributed by atoms with Crippen molar-refractivity contribution >= 4 is 27.1 Å². The van der Waals surface area contributed by atoms with Crippen molar-refractivity contribution in [2.45, 2.75) is 17.5 Å². The molecular formula is C17H15F3N2O6S. The summed E-state index contributed by atoms with van der Waals surface area (Å²) in [5.74, 6) is -1.29. The van der Waals surface area contributed by atoms with Gasteiger partial charge in [-0.1, -0.05) is 30.3 Å². The fraction of sp³-hybridized carbons (Fsp3) is 0.235. The normalized spacial score (nSPS) is 14.1. The standard InChI is InChI=1S/C17H15F3N2O6S/c1-29(27,28)15(10-5-3-2-4-6-10)14(23)16(24)21-11-7-8-13(22(25)26)12(9-11)17(18,19)20/h2-9,14-15,23H,1H3,(H,21,24).